The summed E-state index contributed by atoms with van der Waals surface area (Å²) < 4.78 is 0.689. The van der Waals surface area contributed by atoms with Gasteiger partial charge in [0, 0.05) is 46.6 Å². The van der Waals surface area contributed by atoms with E-state index in [1.165, 1.54) is 11.3 Å². The summed E-state index contributed by atoms with van der Waals surface area (Å²) in [6.07, 6.45) is 3.21. The first-order chi connectivity index (χ1) is 15.4. The SMILES string of the molecule is O=C(Nc1ccc(Cl)cc1)NC1CCN(C(=O)C2CCC(O)CC2)CC1c1ccc(Cl)s1. The maximum atomic E-state index is 13.2. The molecule has 0 bridgehead atoms. The maximum Gasteiger partial charge on any atom is 0.319 e. The van der Waals surface area contributed by atoms with Gasteiger partial charge in [0.1, 0.15) is 0 Å². The Hall–Kier alpha value is -1.80. The Balaban J connectivity index is 1.43. The van der Waals surface area contributed by atoms with Crippen molar-refractivity contribution in [3.63, 3.8) is 0 Å². The number of carbonyl (C=O) groups excluding carboxylic acids is 2. The van der Waals surface area contributed by atoms with Crippen molar-refractivity contribution in [2.45, 2.75) is 50.2 Å². The van der Waals surface area contributed by atoms with Crippen LogP contribution < -0.4 is 10.6 Å². The molecule has 3 N–H and O–H groups in total. The summed E-state index contributed by atoms with van der Waals surface area (Å²) in [5.74, 6) is 0.104. The molecule has 32 heavy (non-hydrogen) atoms. The molecule has 6 nitrogen and oxygen atoms in total. The summed E-state index contributed by atoms with van der Waals surface area (Å²) in [4.78, 5) is 28.8. The molecule has 172 valence electrons. The maximum absolute atomic E-state index is 13.2. The summed E-state index contributed by atoms with van der Waals surface area (Å²) in [5.41, 5.74) is 0.662. The summed E-state index contributed by atoms with van der Waals surface area (Å²) >= 11 is 13.6. The molecule has 2 aliphatic rings. The van der Waals surface area contributed by atoms with Crippen LogP contribution in [0.2, 0.25) is 9.36 Å². The Kier molecular flexibility index (Phi) is 7.61. The van der Waals surface area contributed by atoms with Crippen molar-refractivity contribution >= 4 is 52.2 Å². The van der Waals surface area contributed by atoms with Gasteiger partial charge in [-0.1, -0.05) is 23.2 Å². The number of benzene rings is 1. The van der Waals surface area contributed by atoms with Crippen molar-refractivity contribution in [1.82, 2.24) is 10.2 Å². The summed E-state index contributed by atoms with van der Waals surface area (Å²) in [6.45, 7) is 1.14. The first-order valence-electron chi connectivity index (χ1n) is 10.9. The fraction of sp³-hybridized carbons (Fsp3) is 0.478. The monoisotopic (exact) mass is 495 g/mol. The second-order valence-corrected chi connectivity index (χ2v) is 10.7. The second-order valence-electron chi connectivity index (χ2n) is 8.54. The number of hydrogen-bond donors (Lipinski definition) is 3. The highest BCUT2D eigenvalue weighted by molar-refractivity contribution is 7.16. The largest absolute Gasteiger partial charge is 0.393 e. The number of urea groups is 1. The summed E-state index contributed by atoms with van der Waals surface area (Å²) in [6, 6.07) is 10.4. The standard InChI is InChI=1S/C23H27Cl2N3O3S/c24-15-3-5-16(6-4-15)26-23(31)27-19-11-12-28(13-18(19)20-9-10-21(25)32-20)22(30)14-1-7-17(29)8-2-14/h3-6,9-10,14,17-19,29H,1-2,7-8,11-13H2,(H2,26,27,31). The predicted octanol–water partition coefficient (Wildman–Crippen LogP) is 5.11. The lowest BCUT2D eigenvalue weighted by Crippen LogP contribution is -2.53. The Morgan fingerprint density at radius 3 is 2.38 bits per heavy atom. The minimum absolute atomic E-state index is 0.0244. The topological polar surface area (TPSA) is 81.7 Å². The van der Waals surface area contributed by atoms with Crippen LogP contribution in [-0.4, -0.2) is 47.2 Å². The van der Waals surface area contributed by atoms with E-state index in [1.54, 1.807) is 24.3 Å². The highest BCUT2D eigenvalue weighted by atomic mass is 35.5. The summed E-state index contributed by atoms with van der Waals surface area (Å²) in [7, 11) is 0. The Morgan fingerprint density at radius 2 is 1.72 bits per heavy atom. The van der Waals surface area contributed by atoms with E-state index in [0.29, 0.717) is 47.4 Å². The first kappa shape index (κ1) is 23.4. The Bertz CT molecular complexity index is 944. The van der Waals surface area contributed by atoms with Gasteiger partial charge in [-0.3, -0.25) is 4.79 Å². The number of halogens is 2. The zero-order chi connectivity index (χ0) is 22.7. The number of anilines is 1. The molecular formula is C23H27Cl2N3O3S. The van der Waals surface area contributed by atoms with Crippen LogP contribution in [0.15, 0.2) is 36.4 Å². The molecule has 1 saturated carbocycles. The number of nitrogens with zero attached hydrogens (tertiary/aromatic N) is 1. The molecule has 2 unspecified atom stereocenters. The average molecular weight is 496 g/mol. The molecule has 2 atom stereocenters. The first-order valence-corrected chi connectivity index (χ1v) is 12.5. The van der Waals surface area contributed by atoms with Crippen LogP contribution in [0.25, 0.3) is 0 Å². The smallest absolute Gasteiger partial charge is 0.319 e. The third kappa shape index (κ3) is 5.76. The van der Waals surface area contributed by atoms with Crippen molar-refractivity contribution < 1.29 is 14.7 Å². The van der Waals surface area contributed by atoms with E-state index < -0.39 is 0 Å². The molecule has 0 spiro atoms. The van der Waals surface area contributed by atoms with E-state index in [1.807, 2.05) is 17.0 Å². The van der Waals surface area contributed by atoms with Gasteiger partial charge in [0.25, 0.3) is 0 Å². The molecule has 2 aromatic rings. The van der Waals surface area contributed by atoms with Crippen LogP contribution in [0.4, 0.5) is 10.5 Å². The molecule has 0 radical (unpaired) electrons. The number of nitrogens with one attached hydrogen (secondary N) is 2. The van der Waals surface area contributed by atoms with Gasteiger partial charge in [-0.15, -0.1) is 11.3 Å². The van der Waals surface area contributed by atoms with Gasteiger partial charge in [0.2, 0.25) is 5.91 Å². The number of thiophene rings is 1. The zero-order valence-corrected chi connectivity index (χ0v) is 19.9. The molecule has 2 heterocycles. The van der Waals surface area contributed by atoms with E-state index >= 15 is 0 Å². The molecular weight excluding hydrogens is 469 g/mol. The Labute approximate surface area is 201 Å². The molecule has 1 saturated heterocycles. The van der Waals surface area contributed by atoms with Crippen molar-refractivity contribution in [3.05, 3.63) is 50.6 Å². The van der Waals surface area contributed by atoms with Crippen LogP contribution in [0, 0.1) is 5.92 Å². The number of piperidine rings is 1. The normalized spacial score (nSPS) is 25.9. The van der Waals surface area contributed by atoms with Gasteiger partial charge in [0.15, 0.2) is 0 Å². The highest BCUT2D eigenvalue weighted by Crippen LogP contribution is 2.36. The third-order valence-electron chi connectivity index (χ3n) is 6.35. The van der Waals surface area contributed by atoms with Crippen LogP contribution in [-0.2, 0) is 4.79 Å². The van der Waals surface area contributed by atoms with Gasteiger partial charge in [0.05, 0.1) is 10.4 Å². The van der Waals surface area contributed by atoms with Crippen molar-refractivity contribution in [2.75, 3.05) is 18.4 Å². The fourth-order valence-electron chi connectivity index (χ4n) is 4.59. The van der Waals surface area contributed by atoms with Crippen molar-refractivity contribution in [3.8, 4) is 0 Å². The number of aliphatic hydroxyl groups excluding tert-OH is 1. The zero-order valence-electron chi connectivity index (χ0n) is 17.6. The molecule has 1 aromatic heterocycles. The van der Waals surface area contributed by atoms with E-state index in [-0.39, 0.29) is 35.9 Å². The predicted molar refractivity (Wildman–Crippen MR) is 129 cm³/mol. The van der Waals surface area contributed by atoms with Crippen molar-refractivity contribution in [2.24, 2.45) is 5.92 Å². The van der Waals surface area contributed by atoms with Gasteiger partial charge >= 0.3 is 6.03 Å². The minimum Gasteiger partial charge on any atom is -0.393 e. The molecule has 2 fully saturated rings. The highest BCUT2D eigenvalue weighted by Gasteiger charge is 2.37. The average Bonchev–Trinajstić information content (AvgIpc) is 3.22. The fourth-order valence-corrected chi connectivity index (χ4v) is 5.93. The lowest BCUT2D eigenvalue weighted by atomic mass is 9.84. The van der Waals surface area contributed by atoms with E-state index in [4.69, 9.17) is 23.2 Å². The van der Waals surface area contributed by atoms with Gasteiger partial charge < -0.3 is 20.6 Å². The summed E-state index contributed by atoms with van der Waals surface area (Å²) in [5, 5.41) is 16.3. The molecule has 4 rings (SSSR count). The molecule has 3 amide bonds. The number of amides is 3. The van der Waals surface area contributed by atoms with E-state index in [0.717, 1.165) is 17.7 Å². The van der Waals surface area contributed by atoms with Crippen molar-refractivity contribution in [1.29, 1.82) is 0 Å². The second kappa shape index (κ2) is 10.4. The number of likely N-dealkylation sites (tertiary alicyclic amines) is 1. The lowest BCUT2D eigenvalue weighted by Gasteiger charge is -2.40. The van der Waals surface area contributed by atoms with Crippen LogP contribution >= 0.6 is 34.5 Å². The number of aliphatic hydroxyl groups is 1. The molecule has 1 aliphatic heterocycles. The number of carbonyl (C=O) groups is 2. The van der Waals surface area contributed by atoms with Crippen LogP contribution in [0.5, 0.6) is 0 Å². The van der Waals surface area contributed by atoms with Gasteiger partial charge in [-0.2, -0.15) is 0 Å². The molecule has 1 aromatic carbocycles. The molecule has 1 aliphatic carbocycles. The van der Waals surface area contributed by atoms with Gasteiger partial charge in [-0.05, 0) is 68.5 Å². The van der Waals surface area contributed by atoms with E-state index in [2.05, 4.69) is 10.6 Å². The minimum atomic E-state index is -0.286. The van der Waals surface area contributed by atoms with Crippen LogP contribution in [0.3, 0.4) is 0 Å². The van der Waals surface area contributed by atoms with E-state index in [9.17, 15) is 14.7 Å². The quantitative estimate of drug-likeness (QED) is 0.550. The van der Waals surface area contributed by atoms with Gasteiger partial charge in [-0.25, -0.2) is 4.79 Å². The number of hydrogen-bond acceptors (Lipinski definition) is 4. The Morgan fingerprint density at radius 1 is 1.00 bits per heavy atom. The third-order valence-corrected chi connectivity index (χ3v) is 7.96. The lowest BCUT2D eigenvalue weighted by molar-refractivity contribution is -0.138. The van der Waals surface area contributed by atoms with Crippen LogP contribution in [0.1, 0.15) is 42.9 Å². The molecule has 9 heteroatoms. The number of rotatable bonds is 4.